The Labute approximate surface area is 152 Å². The molecule has 0 atom stereocenters. The zero-order chi connectivity index (χ0) is 19.2. The van der Waals surface area contributed by atoms with Crippen molar-refractivity contribution >= 4 is 21.6 Å². The minimum atomic E-state index is -4.12. The number of aryl methyl sites for hydroxylation is 1. The van der Waals surface area contributed by atoms with Crippen LogP contribution in [0.5, 0.6) is 0 Å². The SMILES string of the molecule is COCCNC(=O)CN(c1ccccc1F)S(=O)(=O)c1ccc(C)cc1. The van der Waals surface area contributed by atoms with Gasteiger partial charge in [0.15, 0.2) is 0 Å². The minimum absolute atomic E-state index is 0.0176. The lowest BCUT2D eigenvalue weighted by molar-refractivity contribution is -0.119. The Balaban J connectivity index is 2.38. The van der Waals surface area contributed by atoms with Crippen molar-refractivity contribution in [2.75, 3.05) is 31.1 Å². The molecule has 0 spiro atoms. The Morgan fingerprint density at radius 2 is 1.81 bits per heavy atom. The number of amides is 1. The molecule has 2 aromatic carbocycles. The van der Waals surface area contributed by atoms with E-state index in [1.165, 1.54) is 37.4 Å². The predicted molar refractivity (Wildman–Crippen MR) is 97.0 cm³/mol. The predicted octanol–water partition coefficient (Wildman–Crippen LogP) is 2.09. The molecule has 0 saturated carbocycles. The largest absolute Gasteiger partial charge is 0.383 e. The second-order valence-electron chi connectivity index (χ2n) is 5.62. The topological polar surface area (TPSA) is 75.7 Å². The van der Waals surface area contributed by atoms with E-state index < -0.39 is 28.3 Å². The molecule has 0 aromatic heterocycles. The Morgan fingerprint density at radius 3 is 2.42 bits per heavy atom. The van der Waals surface area contributed by atoms with E-state index in [0.29, 0.717) is 0 Å². The second-order valence-corrected chi connectivity index (χ2v) is 7.48. The Hall–Kier alpha value is -2.45. The summed E-state index contributed by atoms with van der Waals surface area (Å²) in [6, 6.07) is 11.6. The first-order valence-electron chi connectivity index (χ1n) is 7.96. The van der Waals surface area contributed by atoms with E-state index in [2.05, 4.69) is 5.32 Å². The van der Waals surface area contributed by atoms with Crippen molar-refractivity contribution in [3.63, 3.8) is 0 Å². The number of sulfonamides is 1. The van der Waals surface area contributed by atoms with E-state index in [-0.39, 0.29) is 23.7 Å². The summed E-state index contributed by atoms with van der Waals surface area (Å²) in [5.74, 6) is -1.28. The fraction of sp³-hybridized carbons (Fsp3) is 0.278. The molecular formula is C18H21FN2O4S. The van der Waals surface area contributed by atoms with Crippen molar-refractivity contribution < 1.29 is 22.3 Å². The third-order valence-corrected chi connectivity index (χ3v) is 5.42. The first-order chi connectivity index (χ1) is 12.4. The van der Waals surface area contributed by atoms with E-state index in [1.54, 1.807) is 12.1 Å². The molecule has 140 valence electrons. The number of benzene rings is 2. The van der Waals surface area contributed by atoms with Gasteiger partial charge in [0, 0.05) is 13.7 Å². The Kier molecular flexibility index (Phi) is 6.70. The van der Waals surface area contributed by atoms with Crippen LogP contribution >= 0.6 is 0 Å². The monoisotopic (exact) mass is 380 g/mol. The zero-order valence-corrected chi connectivity index (χ0v) is 15.4. The van der Waals surface area contributed by atoms with Gasteiger partial charge in [-0.05, 0) is 31.2 Å². The Bertz CT molecular complexity index is 854. The zero-order valence-electron chi connectivity index (χ0n) is 14.6. The van der Waals surface area contributed by atoms with E-state index in [0.717, 1.165) is 15.9 Å². The summed E-state index contributed by atoms with van der Waals surface area (Å²) in [4.78, 5) is 12.1. The van der Waals surface area contributed by atoms with Crippen molar-refractivity contribution in [3.05, 3.63) is 59.9 Å². The van der Waals surface area contributed by atoms with Gasteiger partial charge in [-0.3, -0.25) is 9.10 Å². The first kappa shape index (κ1) is 19.9. The molecule has 6 nitrogen and oxygen atoms in total. The lowest BCUT2D eigenvalue weighted by atomic mass is 10.2. The smallest absolute Gasteiger partial charge is 0.264 e. The van der Waals surface area contributed by atoms with Gasteiger partial charge in [-0.15, -0.1) is 0 Å². The molecule has 1 N–H and O–H groups in total. The molecular weight excluding hydrogens is 359 g/mol. The number of carbonyl (C=O) groups is 1. The van der Waals surface area contributed by atoms with Crippen molar-refractivity contribution in [3.8, 4) is 0 Å². The number of hydrogen-bond donors (Lipinski definition) is 1. The van der Waals surface area contributed by atoms with Crippen molar-refractivity contribution in [2.24, 2.45) is 0 Å². The van der Waals surface area contributed by atoms with E-state index in [1.807, 2.05) is 6.92 Å². The maximum Gasteiger partial charge on any atom is 0.264 e. The van der Waals surface area contributed by atoms with Crippen LogP contribution in [0.25, 0.3) is 0 Å². The van der Waals surface area contributed by atoms with Gasteiger partial charge in [-0.25, -0.2) is 12.8 Å². The van der Waals surface area contributed by atoms with Gasteiger partial charge in [0.25, 0.3) is 10.0 Å². The molecule has 0 aliphatic rings. The number of hydrogen-bond acceptors (Lipinski definition) is 4. The number of halogens is 1. The van der Waals surface area contributed by atoms with Crippen LogP contribution in [0.2, 0.25) is 0 Å². The number of rotatable bonds is 8. The number of anilines is 1. The third-order valence-electron chi connectivity index (χ3n) is 3.65. The van der Waals surface area contributed by atoms with Crippen LogP contribution in [0, 0.1) is 12.7 Å². The number of carbonyl (C=O) groups excluding carboxylic acids is 1. The average molecular weight is 380 g/mol. The lowest BCUT2D eigenvalue weighted by Crippen LogP contribution is -2.42. The summed E-state index contributed by atoms with van der Waals surface area (Å²) in [5.41, 5.74) is 0.702. The number of nitrogens with one attached hydrogen (secondary N) is 1. The van der Waals surface area contributed by atoms with Gasteiger partial charge in [-0.2, -0.15) is 0 Å². The van der Waals surface area contributed by atoms with Crippen molar-refractivity contribution in [2.45, 2.75) is 11.8 Å². The molecule has 2 rings (SSSR count). The molecule has 0 bridgehead atoms. The van der Waals surface area contributed by atoms with Crippen LogP contribution < -0.4 is 9.62 Å². The van der Waals surface area contributed by atoms with Crippen LogP contribution in [0.4, 0.5) is 10.1 Å². The van der Waals surface area contributed by atoms with Crippen molar-refractivity contribution in [1.82, 2.24) is 5.32 Å². The number of ether oxygens (including phenoxy) is 1. The molecule has 0 heterocycles. The summed E-state index contributed by atoms with van der Waals surface area (Å²) in [7, 11) is -2.63. The summed E-state index contributed by atoms with van der Waals surface area (Å²) < 4.78 is 45.9. The Morgan fingerprint density at radius 1 is 1.15 bits per heavy atom. The van der Waals surface area contributed by atoms with Crippen LogP contribution in [0.3, 0.4) is 0 Å². The number of methoxy groups -OCH3 is 1. The van der Waals surface area contributed by atoms with E-state index in [9.17, 15) is 17.6 Å². The average Bonchev–Trinajstić information content (AvgIpc) is 2.61. The fourth-order valence-electron chi connectivity index (χ4n) is 2.27. The molecule has 2 aromatic rings. The van der Waals surface area contributed by atoms with Crippen LogP contribution in [0.1, 0.15) is 5.56 Å². The van der Waals surface area contributed by atoms with Gasteiger partial charge in [0.2, 0.25) is 5.91 Å². The van der Waals surface area contributed by atoms with E-state index >= 15 is 0 Å². The molecule has 0 aliphatic heterocycles. The third kappa shape index (κ3) is 4.80. The van der Waals surface area contributed by atoms with Crippen molar-refractivity contribution in [1.29, 1.82) is 0 Å². The number of nitrogens with zero attached hydrogens (tertiary/aromatic N) is 1. The van der Waals surface area contributed by atoms with Crippen LogP contribution in [-0.4, -0.2) is 41.1 Å². The van der Waals surface area contributed by atoms with Crippen LogP contribution in [0.15, 0.2) is 53.4 Å². The molecule has 0 fully saturated rings. The van der Waals surface area contributed by atoms with Gasteiger partial charge < -0.3 is 10.1 Å². The molecule has 8 heteroatoms. The highest BCUT2D eigenvalue weighted by molar-refractivity contribution is 7.92. The maximum absolute atomic E-state index is 14.2. The summed E-state index contributed by atoms with van der Waals surface area (Å²) in [5, 5.41) is 2.54. The minimum Gasteiger partial charge on any atom is -0.383 e. The summed E-state index contributed by atoms with van der Waals surface area (Å²) in [6.07, 6.45) is 0. The first-order valence-corrected chi connectivity index (χ1v) is 9.40. The highest BCUT2D eigenvalue weighted by Crippen LogP contribution is 2.26. The maximum atomic E-state index is 14.2. The summed E-state index contributed by atoms with van der Waals surface area (Å²) in [6.45, 7) is 1.80. The highest BCUT2D eigenvalue weighted by Gasteiger charge is 2.28. The quantitative estimate of drug-likeness (QED) is 0.712. The normalized spacial score (nSPS) is 11.2. The fourth-order valence-corrected chi connectivity index (χ4v) is 3.70. The van der Waals surface area contributed by atoms with Gasteiger partial charge >= 0.3 is 0 Å². The molecule has 26 heavy (non-hydrogen) atoms. The van der Waals surface area contributed by atoms with Gasteiger partial charge in [0.1, 0.15) is 12.4 Å². The van der Waals surface area contributed by atoms with Crippen LogP contribution in [-0.2, 0) is 19.6 Å². The molecule has 0 saturated heterocycles. The molecule has 0 unspecified atom stereocenters. The molecule has 0 aliphatic carbocycles. The number of para-hydroxylation sites is 1. The van der Waals surface area contributed by atoms with Gasteiger partial charge in [0.05, 0.1) is 17.2 Å². The standard InChI is InChI=1S/C18H21FN2O4S/c1-14-7-9-15(10-8-14)26(23,24)21(13-18(22)20-11-12-25-2)17-6-4-3-5-16(17)19/h3-10H,11-13H2,1-2H3,(H,20,22). The second kappa shape index (κ2) is 8.77. The molecule has 0 radical (unpaired) electrons. The lowest BCUT2D eigenvalue weighted by Gasteiger charge is -2.24. The van der Waals surface area contributed by atoms with E-state index in [4.69, 9.17) is 4.74 Å². The summed E-state index contributed by atoms with van der Waals surface area (Å²) >= 11 is 0. The van der Waals surface area contributed by atoms with Gasteiger partial charge in [-0.1, -0.05) is 29.8 Å². The molecule has 1 amide bonds. The highest BCUT2D eigenvalue weighted by atomic mass is 32.2.